The van der Waals surface area contributed by atoms with Gasteiger partial charge < -0.3 is 4.74 Å². The second-order valence-corrected chi connectivity index (χ2v) is 5.17. The highest BCUT2D eigenvalue weighted by Gasteiger charge is 2.09. The molecule has 0 saturated carbocycles. The molecule has 2 heteroatoms. The lowest BCUT2D eigenvalue weighted by Crippen LogP contribution is -2.09. The monoisotopic (exact) mass is 268 g/mol. The summed E-state index contributed by atoms with van der Waals surface area (Å²) in [6.07, 6.45) is 13.5. The van der Waals surface area contributed by atoms with Crippen LogP contribution in [0.1, 0.15) is 85.0 Å². The van der Waals surface area contributed by atoms with Gasteiger partial charge in [0.05, 0.1) is 6.61 Å². The molecule has 0 unspecified atom stereocenters. The predicted octanol–water partition coefficient (Wildman–Crippen LogP) is 5.42. The maximum atomic E-state index is 11.8. The molecule has 0 heterocycles. The van der Waals surface area contributed by atoms with Crippen molar-refractivity contribution in [1.29, 1.82) is 0 Å². The van der Waals surface area contributed by atoms with Crippen LogP contribution in [0.2, 0.25) is 0 Å². The van der Waals surface area contributed by atoms with Crippen LogP contribution in [0.15, 0.2) is 11.6 Å². The second kappa shape index (κ2) is 13.6. The van der Waals surface area contributed by atoms with E-state index < -0.39 is 0 Å². The number of esters is 1. The topological polar surface area (TPSA) is 26.3 Å². The molecule has 0 aromatic heterocycles. The average Bonchev–Trinajstić information content (AvgIpc) is 2.42. The molecule has 0 aliphatic carbocycles. The Labute approximate surface area is 119 Å². The highest BCUT2D eigenvalue weighted by atomic mass is 16.5. The molecular formula is C17H32O2. The van der Waals surface area contributed by atoms with Crippen molar-refractivity contribution in [2.75, 3.05) is 6.61 Å². The largest absolute Gasteiger partial charge is 0.462 e. The van der Waals surface area contributed by atoms with Gasteiger partial charge in [-0.25, -0.2) is 4.79 Å². The van der Waals surface area contributed by atoms with Crippen molar-refractivity contribution in [2.24, 2.45) is 0 Å². The van der Waals surface area contributed by atoms with Crippen LogP contribution in [0, 0.1) is 0 Å². The normalized spacial score (nSPS) is 11.6. The third-order valence-corrected chi connectivity index (χ3v) is 3.39. The Hall–Kier alpha value is -0.790. The molecule has 0 amide bonds. The lowest BCUT2D eigenvalue weighted by atomic mass is 10.1. The van der Waals surface area contributed by atoms with Gasteiger partial charge in [-0.2, -0.15) is 0 Å². The Morgan fingerprint density at radius 2 is 1.47 bits per heavy atom. The number of carbonyl (C=O) groups excluding carboxylic acids is 1. The molecule has 0 N–H and O–H groups in total. The van der Waals surface area contributed by atoms with E-state index in [2.05, 4.69) is 13.8 Å². The first-order chi connectivity index (χ1) is 9.26. The first-order valence-corrected chi connectivity index (χ1v) is 8.08. The smallest absolute Gasteiger partial charge is 0.333 e. The van der Waals surface area contributed by atoms with Gasteiger partial charge in [-0.3, -0.25) is 0 Å². The molecule has 0 bridgehead atoms. The molecule has 0 aromatic rings. The maximum absolute atomic E-state index is 11.8. The molecule has 0 rings (SSSR count). The summed E-state index contributed by atoms with van der Waals surface area (Å²) >= 11 is 0. The summed E-state index contributed by atoms with van der Waals surface area (Å²) < 4.78 is 5.33. The van der Waals surface area contributed by atoms with Crippen LogP contribution in [-0.2, 0) is 9.53 Å². The summed E-state index contributed by atoms with van der Waals surface area (Å²) in [6.45, 7) is 6.91. The van der Waals surface area contributed by atoms with Crippen molar-refractivity contribution in [2.45, 2.75) is 85.0 Å². The van der Waals surface area contributed by atoms with E-state index in [-0.39, 0.29) is 5.97 Å². The fraction of sp³-hybridized carbons (Fsp3) is 0.824. The van der Waals surface area contributed by atoms with Crippen LogP contribution in [0.3, 0.4) is 0 Å². The minimum Gasteiger partial charge on any atom is -0.462 e. The van der Waals surface area contributed by atoms with E-state index in [9.17, 15) is 4.79 Å². The molecule has 0 aromatic carbocycles. The first kappa shape index (κ1) is 18.2. The van der Waals surface area contributed by atoms with Gasteiger partial charge in [-0.15, -0.1) is 0 Å². The minimum absolute atomic E-state index is 0.102. The summed E-state index contributed by atoms with van der Waals surface area (Å²) in [4.78, 5) is 11.8. The summed E-state index contributed by atoms with van der Waals surface area (Å²) in [6, 6.07) is 0. The van der Waals surface area contributed by atoms with Gasteiger partial charge in [-0.1, -0.05) is 64.9 Å². The van der Waals surface area contributed by atoms with Gasteiger partial charge in [-0.05, 0) is 26.2 Å². The summed E-state index contributed by atoms with van der Waals surface area (Å²) in [5.41, 5.74) is 0.852. The molecular weight excluding hydrogens is 236 g/mol. The van der Waals surface area contributed by atoms with Crippen LogP contribution in [0.5, 0.6) is 0 Å². The summed E-state index contributed by atoms with van der Waals surface area (Å²) in [5.74, 6) is -0.102. The number of rotatable bonds is 12. The molecule has 112 valence electrons. The third-order valence-electron chi connectivity index (χ3n) is 3.39. The first-order valence-electron chi connectivity index (χ1n) is 8.08. The highest BCUT2D eigenvalue weighted by molar-refractivity contribution is 5.88. The number of carbonyl (C=O) groups is 1. The highest BCUT2D eigenvalue weighted by Crippen LogP contribution is 2.12. The maximum Gasteiger partial charge on any atom is 0.333 e. The van der Waals surface area contributed by atoms with Crippen molar-refractivity contribution < 1.29 is 9.53 Å². The van der Waals surface area contributed by atoms with Crippen molar-refractivity contribution in [3.8, 4) is 0 Å². The lowest BCUT2D eigenvalue weighted by Gasteiger charge is -2.08. The number of unbranched alkanes of at least 4 members (excludes halogenated alkanes) is 7. The van der Waals surface area contributed by atoms with E-state index in [1.54, 1.807) is 0 Å². The fourth-order valence-corrected chi connectivity index (χ4v) is 2.07. The van der Waals surface area contributed by atoms with E-state index in [4.69, 9.17) is 4.74 Å². The van der Waals surface area contributed by atoms with E-state index in [0.717, 1.165) is 24.8 Å². The van der Waals surface area contributed by atoms with Gasteiger partial charge in [0.25, 0.3) is 0 Å². The molecule has 0 radical (unpaired) electrons. The van der Waals surface area contributed by atoms with E-state index in [1.807, 2.05) is 13.0 Å². The van der Waals surface area contributed by atoms with E-state index in [0.29, 0.717) is 6.61 Å². The van der Waals surface area contributed by atoms with Gasteiger partial charge in [0, 0.05) is 5.57 Å². The Morgan fingerprint density at radius 1 is 0.895 bits per heavy atom. The standard InChI is InChI=1S/C17H32O2/c1-4-7-9-11-13-15-19-17(18)16(6-3)14-12-10-8-5-2/h6H,4-5,7-15H2,1-3H3. The second-order valence-electron chi connectivity index (χ2n) is 5.17. The zero-order valence-corrected chi connectivity index (χ0v) is 13.2. The zero-order chi connectivity index (χ0) is 14.3. The quantitative estimate of drug-likeness (QED) is 0.268. The van der Waals surface area contributed by atoms with Crippen molar-refractivity contribution in [3.63, 3.8) is 0 Å². The molecule has 0 spiro atoms. The molecule has 0 atom stereocenters. The van der Waals surface area contributed by atoms with E-state index in [1.165, 1.54) is 44.9 Å². The summed E-state index contributed by atoms with van der Waals surface area (Å²) in [5, 5.41) is 0. The average molecular weight is 268 g/mol. The van der Waals surface area contributed by atoms with Crippen molar-refractivity contribution >= 4 is 5.97 Å². The molecule has 0 aliphatic heterocycles. The third kappa shape index (κ3) is 10.8. The Balaban J connectivity index is 3.65. The Morgan fingerprint density at radius 3 is 2.05 bits per heavy atom. The SMILES string of the molecule is CC=C(CCCCCC)C(=O)OCCCCCCC. The van der Waals surface area contributed by atoms with Gasteiger partial charge in [0.2, 0.25) is 0 Å². The van der Waals surface area contributed by atoms with Crippen LogP contribution >= 0.6 is 0 Å². The van der Waals surface area contributed by atoms with Crippen molar-refractivity contribution in [1.82, 2.24) is 0 Å². The molecule has 19 heavy (non-hydrogen) atoms. The van der Waals surface area contributed by atoms with Gasteiger partial charge >= 0.3 is 5.97 Å². The van der Waals surface area contributed by atoms with E-state index >= 15 is 0 Å². The molecule has 0 saturated heterocycles. The molecule has 0 fully saturated rings. The Kier molecular flexibility index (Phi) is 13.1. The van der Waals surface area contributed by atoms with Crippen LogP contribution in [0.4, 0.5) is 0 Å². The molecule has 0 aliphatic rings. The number of hydrogen-bond donors (Lipinski definition) is 0. The fourth-order valence-electron chi connectivity index (χ4n) is 2.07. The minimum atomic E-state index is -0.102. The zero-order valence-electron chi connectivity index (χ0n) is 13.2. The predicted molar refractivity (Wildman–Crippen MR) is 82.2 cm³/mol. The summed E-state index contributed by atoms with van der Waals surface area (Å²) in [7, 11) is 0. The van der Waals surface area contributed by atoms with Crippen LogP contribution in [0.25, 0.3) is 0 Å². The number of allylic oxidation sites excluding steroid dienone is 1. The number of ether oxygens (including phenoxy) is 1. The van der Waals surface area contributed by atoms with Crippen LogP contribution < -0.4 is 0 Å². The number of hydrogen-bond acceptors (Lipinski definition) is 2. The van der Waals surface area contributed by atoms with Gasteiger partial charge in [0.1, 0.15) is 0 Å². The lowest BCUT2D eigenvalue weighted by molar-refractivity contribution is -0.139. The molecule has 2 nitrogen and oxygen atoms in total. The Bertz CT molecular complexity index is 244. The van der Waals surface area contributed by atoms with Crippen molar-refractivity contribution in [3.05, 3.63) is 11.6 Å². The van der Waals surface area contributed by atoms with Crippen LogP contribution in [-0.4, -0.2) is 12.6 Å². The van der Waals surface area contributed by atoms with Gasteiger partial charge in [0.15, 0.2) is 0 Å².